The Balaban J connectivity index is 1.91. The number of aromatic nitrogens is 3. The third-order valence-electron chi connectivity index (χ3n) is 4.81. The fraction of sp³-hybridized carbons (Fsp3) is 0.190. The molecular formula is C21H19BrN4O2. The van der Waals surface area contributed by atoms with E-state index in [0.29, 0.717) is 17.8 Å². The Morgan fingerprint density at radius 1 is 1.18 bits per heavy atom. The lowest BCUT2D eigenvalue weighted by Crippen LogP contribution is -2.29. The van der Waals surface area contributed by atoms with Crippen molar-refractivity contribution >= 4 is 44.1 Å². The van der Waals surface area contributed by atoms with Gasteiger partial charge in [-0.2, -0.15) is 4.98 Å². The minimum atomic E-state index is -0.475. The fourth-order valence-electron chi connectivity index (χ4n) is 3.56. The minimum absolute atomic E-state index is 0.129. The molecule has 2 aromatic heterocycles. The van der Waals surface area contributed by atoms with Gasteiger partial charge in [0.2, 0.25) is 5.91 Å². The maximum atomic E-state index is 13.2. The average molecular weight is 439 g/mol. The zero-order chi connectivity index (χ0) is 19.8. The molecule has 0 saturated heterocycles. The third-order valence-corrected chi connectivity index (χ3v) is 5.50. The number of nitrogens with one attached hydrogen (secondary N) is 1. The summed E-state index contributed by atoms with van der Waals surface area (Å²) in [6, 6.07) is 16.2. The molecule has 1 atom stereocenters. The molecule has 6 nitrogen and oxygen atoms in total. The summed E-state index contributed by atoms with van der Waals surface area (Å²) in [5.41, 5.74) is 2.59. The van der Waals surface area contributed by atoms with Crippen LogP contribution in [0, 0.1) is 6.92 Å². The Kier molecular flexibility index (Phi) is 4.77. The number of amides is 1. The van der Waals surface area contributed by atoms with E-state index in [1.54, 1.807) is 0 Å². The van der Waals surface area contributed by atoms with E-state index in [1.807, 2.05) is 71.6 Å². The van der Waals surface area contributed by atoms with E-state index >= 15 is 0 Å². The molecule has 4 aromatic rings. The van der Waals surface area contributed by atoms with Crippen molar-refractivity contribution in [1.29, 1.82) is 0 Å². The van der Waals surface area contributed by atoms with E-state index in [-0.39, 0.29) is 11.5 Å². The minimum Gasteiger partial charge on any atom is -0.323 e. The van der Waals surface area contributed by atoms with Crippen LogP contribution in [-0.4, -0.2) is 20.1 Å². The van der Waals surface area contributed by atoms with Crippen LogP contribution in [0.25, 0.3) is 16.6 Å². The Bertz CT molecular complexity index is 1260. The van der Waals surface area contributed by atoms with Gasteiger partial charge in [-0.25, -0.2) is 4.52 Å². The third kappa shape index (κ3) is 3.01. The van der Waals surface area contributed by atoms with Gasteiger partial charge >= 0.3 is 0 Å². The predicted octanol–water partition coefficient (Wildman–Crippen LogP) is 4.31. The van der Waals surface area contributed by atoms with E-state index in [2.05, 4.69) is 26.2 Å². The molecule has 7 heteroatoms. The van der Waals surface area contributed by atoms with Gasteiger partial charge in [0.25, 0.3) is 5.56 Å². The highest BCUT2D eigenvalue weighted by Crippen LogP contribution is 2.28. The molecule has 4 rings (SSSR count). The van der Waals surface area contributed by atoms with Crippen LogP contribution < -0.4 is 10.9 Å². The van der Waals surface area contributed by atoms with Crippen LogP contribution in [0.5, 0.6) is 0 Å². The summed E-state index contributed by atoms with van der Waals surface area (Å²) in [5, 5.41) is 3.85. The van der Waals surface area contributed by atoms with E-state index in [0.717, 1.165) is 21.1 Å². The number of benzene rings is 2. The van der Waals surface area contributed by atoms with Gasteiger partial charge in [-0.15, -0.1) is 0 Å². The Morgan fingerprint density at radius 3 is 2.64 bits per heavy atom. The summed E-state index contributed by atoms with van der Waals surface area (Å²) in [6.07, 6.45) is 0.579. The topological polar surface area (TPSA) is 68.4 Å². The second-order valence-electron chi connectivity index (χ2n) is 6.63. The Morgan fingerprint density at radius 2 is 1.89 bits per heavy atom. The first-order valence-corrected chi connectivity index (χ1v) is 9.85. The van der Waals surface area contributed by atoms with Crippen LogP contribution in [0.1, 0.15) is 25.1 Å². The number of hydrogen-bond donors (Lipinski definition) is 1. The highest BCUT2D eigenvalue weighted by atomic mass is 79.9. The second kappa shape index (κ2) is 7.24. The zero-order valence-electron chi connectivity index (χ0n) is 15.5. The number of hydrogen-bond acceptors (Lipinski definition) is 3. The van der Waals surface area contributed by atoms with E-state index in [1.165, 1.54) is 6.07 Å². The molecule has 0 aliphatic carbocycles. The molecule has 0 aliphatic heterocycles. The van der Waals surface area contributed by atoms with Crippen LogP contribution in [0.3, 0.4) is 0 Å². The lowest BCUT2D eigenvalue weighted by atomic mass is 10.2. The molecule has 0 unspecified atom stereocenters. The van der Waals surface area contributed by atoms with Crippen LogP contribution in [-0.2, 0) is 4.79 Å². The van der Waals surface area contributed by atoms with E-state index in [4.69, 9.17) is 0 Å². The van der Waals surface area contributed by atoms with Gasteiger partial charge in [-0.05, 0) is 53.5 Å². The van der Waals surface area contributed by atoms with Crippen LogP contribution in [0.15, 0.2) is 63.9 Å². The number of nitrogens with zero attached hydrogens (tertiary/aromatic N) is 3. The van der Waals surface area contributed by atoms with Crippen LogP contribution >= 0.6 is 15.9 Å². The van der Waals surface area contributed by atoms with Crippen molar-refractivity contribution in [3.63, 3.8) is 0 Å². The summed E-state index contributed by atoms with van der Waals surface area (Å²) in [5.74, 6) is -0.129. The molecule has 28 heavy (non-hydrogen) atoms. The van der Waals surface area contributed by atoms with Gasteiger partial charge in [-0.1, -0.05) is 31.2 Å². The SMILES string of the molecule is CC[C@H](C(=O)Nc1ccccc1Br)n1c2ccccc2c2nc(=O)cc(C)n21. The molecule has 2 aromatic carbocycles. The van der Waals surface area contributed by atoms with Crippen molar-refractivity contribution in [2.24, 2.45) is 0 Å². The van der Waals surface area contributed by atoms with Gasteiger partial charge in [0.1, 0.15) is 6.04 Å². The maximum Gasteiger partial charge on any atom is 0.273 e. The van der Waals surface area contributed by atoms with Crippen LogP contribution in [0.2, 0.25) is 0 Å². The number of halogens is 1. The number of para-hydroxylation sites is 2. The molecule has 0 radical (unpaired) electrons. The molecule has 1 N–H and O–H groups in total. The van der Waals surface area contributed by atoms with Gasteiger partial charge in [0, 0.05) is 21.6 Å². The van der Waals surface area contributed by atoms with Gasteiger partial charge in [-0.3, -0.25) is 14.3 Å². The molecule has 0 fully saturated rings. The molecule has 0 bridgehead atoms. The average Bonchev–Trinajstić information content (AvgIpc) is 2.99. The molecule has 2 heterocycles. The quantitative estimate of drug-likeness (QED) is 0.515. The largest absolute Gasteiger partial charge is 0.323 e. The van der Waals surface area contributed by atoms with Gasteiger partial charge in [0.15, 0.2) is 5.65 Å². The summed E-state index contributed by atoms with van der Waals surface area (Å²) in [4.78, 5) is 29.4. The maximum absolute atomic E-state index is 13.2. The van der Waals surface area contributed by atoms with Crippen LogP contribution in [0.4, 0.5) is 5.69 Å². The Hall–Kier alpha value is -2.93. The normalized spacial score (nSPS) is 12.4. The lowest BCUT2D eigenvalue weighted by Gasteiger charge is -2.21. The molecular weight excluding hydrogens is 420 g/mol. The van der Waals surface area contributed by atoms with Crippen molar-refractivity contribution in [2.75, 3.05) is 5.32 Å². The summed E-state index contributed by atoms with van der Waals surface area (Å²) in [7, 11) is 0. The van der Waals surface area contributed by atoms with Crippen molar-refractivity contribution < 1.29 is 4.79 Å². The Labute approximate surface area is 169 Å². The van der Waals surface area contributed by atoms with E-state index < -0.39 is 6.04 Å². The highest BCUT2D eigenvalue weighted by Gasteiger charge is 2.25. The molecule has 0 saturated carbocycles. The number of fused-ring (bicyclic) bond motifs is 3. The zero-order valence-corrected chi connectivity index (χ0v) is 17.1. The summed E-state index contributed by atoms with van der Waals surface area (Å²) >= 11 is 3.47. The summed E-state index contributed by atoms with van der Waals surface area (Å²) < 4.78 is 4.61. The first kappa shape index (κ1) is 18.4. The van der Waals surface area contributed by atoms with Crippen molar-refractivity contribution in [1.82, 2.24) is 14.2 Å². The van der Waals surface area contributed by atoms with Crippen molar-refractivity contribution in [2.45, 2.75) is 26.3 Å². The molecule has 0 spiro atoms. The molecule has 0 aliphatic rings. The van der Waals surface area contributed by atoms with Gasteiger partial charge in [0.05, 0.1) is 11.2 Å². The lowest BCUT2D eigenvalue weighted by molar-refractivity contribution is -0.119. The second-order valence-corrected chi connectivity index (χ2v) is 7.48. The number of aryl methyl sites for hydroxylation is 1. The fourth-order valence-corrected chi connectivity index (χ4v) is 3.95. The van der Waals surface area contributed by atoms with Crippen molar-refractivity contribution in [3.8, 4) is 0 Å². The van der Waals surface area contributed by atoms with E-state index in [9.17, 15) is 9.59 Å². The first-order valence-electron chi connectivity index (χ1n) is 9.06. The summed E-state index contributed by atoms with van der Waals surface area (Å²) in [6.45, 7) is 3.82. The molecule has 142 valence electrons. The highest BCUT2D eigenvalue weighted by molar-refractivity contribution is 9.10. The molecule has 1 amide bonds. The number of carbonyl (C=O) groups excluding carboxylic acids is 1. The number of anilines is 1. The standard InChI is InChI=1S/C21H19BrN4O2/c1-3-17(21(28)23-16-10-6-5-9-15(16)22)26-18-11-7-4-8-14(18)20-24-19(27)12-13(2)25(20)26/h4-12,17H,3H2,1-2H3,(H,23,28)/t17-/m1/s1. The number of carbonyl (C=O) groups is 1. The smallest absolute Gasteiger partial charge is 0.273 e. The van der Waals surface area contributed by atoms with Crippen molar-refractivity contribution in [3.05, 3.63) is 75.1 Å². The first-order chi connectivity index (χ1) is 13.5. The number of rotatable bonds is 4. The monoisotopic (exact) mass is 438 g/mol. The predicted molar refractivity (Wildman–Crippen MR) is 114 cm³/mol. The van der Waals surface area contributed by atoms with Gasteiger partial charge < -0.3 is 5.32 Å².